The third-order valence-corrected chi connectivity index (χ3v) is 5.25. The Bertz CT molecular complexity index is 652. The number of hydrogen-bond donors (Lipinski definition) is 6. The van der Waals surface area contributed by atoms with Gasteiger partial charge in [0.15, 0.2) is 6.35 Å². The number of aliphatic hydroxyl groups is 5. The molecule has 1 saturated heterocycles. The molecule has 1 aliphatic heterocycles. The highest BCUT2D eigenvalue weighted by Crippen LogP contribution is 2.23. The lowest BCUT2D eigenvalue weighted by atomic mass is 10.0. The number of nitriles is 1. The number of nitrogens with zero attached hydrogens (tertiary/aromatic N) is 5. The molecule has 0 aromatic carbocycles. The fourth-order valence-corrected chi connectivity index (χ4v) is 3.54. The molecule has 1 fully saturated rings. The van der Waals surface area contributed by atoms with Crippen LogP contribution in [0.1, 0.15) is 46.0 Å². The first kappa shape index (κ1) is 27.2. The summed E-state index contributed by atoms with van der Waals surface area (Å²) in [5, 5.41) is 61.0. The monoisotopic (exact) mass is 444 g/mol. The molecule has 1 amide bonds. The maximum atomic E-state index is 11.8. The molecule has 3 atom stereocenters. The van der Waals surface area contributed by atoms with Gasteiger partial charge in [-0.05, 0) is 32.9 Å². The summed E-state index contributed by atoms with van der Waals surface area (Å²) < 4.78 is 0. The molecule has 31 heavy (non-hydrogen) atoms. The molecular weight excluding hydrogens is 408 g/mol. The van der Waals surface area contributed by atoms with Crippen molar-refractivity contribution in [1.29, 1.82) is 5.26 Å². The topological polar surface area (TPSA) is 176 Å². The van der Waals surface area contributed by atoms with E-state index in [1.807, 2.05) is 25.8 Å². The lowest BCUT2D eigenvalue weighted by molar-refractivity contribution is -0.323. The van der Waals surface area contributed by atoms with Crippen LogP contribution in [0.4, 0.5) is 0 Å². The van der Waals surface area contributed by atoms with Gasteiger partial charge in [0.1, 0.15) is 12.3 Å². The van der Waals surface area contributed by atoms with Crippen molar-refractivity contribution in [1.82, 2.24) is 20.0 Å². The van der Waals surface area contributed by atoms with Gasteiger partial charge in [-0.2, -0.15) is 5.26 Å². The molecule has 0 saturated carbocycles. The Morgan fingerprint density at radius 1 is 1.45 bits per heavy atom. The van der Waals surface area contributed by atoms with E-state index in [2.05, 4.69) is 10.3 Å². The molecule has 0 bridgehead atoms. The molecule has 12 heteroatoms. The molecule has 0 aliphatic carbocycles. The molecule has 3 unspecified atom stereocenters. The van der Waals surface area contributed by atoms with Crippen molar-refractivity contribution in [2.24, 2.45) is 10.9 Å². The van der Waals surface area contributed by atoms with Gasteiger partial charge in [0.25, 0.3) is 5.91 Å². The second kappa shape index (κ2) is 12.3. The van der Waals surface area contributed by atoms with Crippen molar-refractivity contribution in [3.05, 3.63) is 0 Å². The third kappa shape index (κ3) is 7.97. The van der Waals surface area contributed by atoms with Gasteiger partial charge in [0, 0.05) is 25.9 Å². The van der Waals surface area contributed by atoms with E-state index < -0.39 is 31.0 Å². The molecule has 0 spiro atoms. The minimum absolute atomic E-state index is 0.0658. The van der Waals surface area contributed by atoms with Crippen LogP contribution in [0.25, 0.3) is 0 Å². The zero-order valence-corrected chi connectivity index (χ0v) is 18.6. The van der Waals surface area contributed by atoms with Gasteiger partial charge in [0.2, 0.25) is 12.3 Å². The van der Waals surface area contributed by atoms with Gasteiger partial charge in [0.05, 0.1) is 12.2 Å². The number of carbonyl (C=O) groups is 1. The second-order valence-electron chi connectivity index (χ2n) is 8.00. The van der Waals surface area contributed by atoms with Crippen LogP contribution in [0.5, 0.6) is 0 Å². The molecular formula is C19H36N6O6. The third-order valence-electron chi connectivity index (χ3n) is 5.25. The van der Waals surface area contributed by atoms with Crippen molar-refractivity contribution in [3.8, 4) is 6.07 Å². The van der Waals surface area contributed by atoms with Gasteiger partial charge >= 0.3 is 0 Å². The van der Waals surface area contributed by atoms with Crippen LogP contribution in [0.3, 0.4) is 0 Å². The van der Waals surface area contributed by atoms with Crippen molar-refractivity contribution < 1.29 is 30.3 Å². The van der Waals surface area contributed by atoms with Crippen LogP contribution in [-0.2, 0) is 4.79 Å². The molecule has 0 aromatic heterocycles. The number of carbonyl (C=O) groups excluding carboxylic acids is 1. The average Bonchev–Trinajstić information content (AvgIpc) is 2.66. The minimum Gasteiger partial charge on any atom is -0.361 e. The normalized spacial score (nSPS) is 22.5. The SMILES string of the molecule is CCCN=C1CC(N(C)CC(C)CCC(O)(O)N(C(=O)CC#N)C(O)O)N(C)C(O)N1. The summed E-state index contributed by atoms with van der Waals surface area (Å²) in [6, 6.07) is 1.54. The predicted molar refractivity (Wildman–Crippen MR) is 111 cm³/mol. The molecule has 0 radical (unpaired) electrons. The highest BCUT2D eigenvalue weighted by atomic mass is 16.6. The van der Waals surface area contributed by atoms with Crippen LogP contribution in [-0.4, -0.2) is 104 Å². The van der Waals surface area contributed by atoms with Crippen LogP contribution >= 0.6 is 0 Å². The van der Waals surface area contributed by atoms with E-state index in [0.717, 1.165) is 12.3 Å². The Hall–Kier alpha value is -1.85. The number of aliphatic imine (C=N–C) groups is 1. The van der Waals surface area contributed by atoms with Crippen LogP contribution in [0.2, 0.25) is 0 Å². The van der Waals surface area contributed by atoms with E-state index in [9.17, 15) is 30.3 Å². The van der Waals surface area contributed by atoms with Gasteiger partial charge in [-0.25, -0.2) is 9.80 Å². The van der Waals surface area contributed by atoms with Crippen molar-refractivity contribution in [3.63, 3.8) is 0 Å². The Kier molecular flexibility index (Phi) is 10.7. The highest BCUT2D eigenvalue weighted by molar-refractivity contribution is 5.83. The smallest absolute Gasteiger partial charge is 0.252 e. The molecule has 0 aromatic rings. The second-order valence-corrected chi connectivity index (χ2v) is 8.00. The number of amidine groups is 1. The van der Waals surface area contributed by atoms with Crippen LogP contribution in [0, 0.1) is 17.2 Å². The van der Waals surface area contributed by atoms with Crippen LogP contribution in [0.15, 0.2) is 4.99 Å². The van der Waals surface area contributed by atoms with Crippen molar-refractivity contribution in [2.75, 3.05) is 27.2 Å². The fourth-order valence-electron chi connectivity index (χ4n) is 3.54. The maximum Gasteiger partial charge on any atom is 0.252 e. The summed E-state index contributed by atoms with van der Waals surface area (Å²) in [5.41, 5.74) is 0. The minimum atomic E-state index is -2.81. The van der Waals surface area contributed by atoms with Crippen molar-refractivity contribution in [2.45, 2.75) is 70.8 Å². The molecule has 6 N–H and O–H groups in total. The molecule has 178 valence electrons. The number of rotatable bonds is 11. The quantitative estimate of drug-likeness (QED) is 0.202. The van der Waals surface area contributed by atoms with E-state index >= 15 is 0 Å². The summed E-state index contributed by atoms with van der Waals surface area (Å²) in [7, 11) is 3.67. The Balaban J connectivity index is 2.72. The summed E-state index contributed by atoms with van der Waals surface area (Å²) in [6.07, 6.45) is -2.78. The lowest BCUT2D eigenvalue weighted by Crippen LogP contribution is -2.62. The molecule has 12 nitrogen and oxygen atoms in total. The zero-order chi connectivity index (χ0) is 23.8. The first-order chi connectivity index (χ1) is 14.4. The van der Waals surface area contributed by atoms with E-state index in [0.29, 0.717) is 19.5 Å². The Morgan fingerprint density at radius 3 is 2.65 bits per heavy atom. The van der Waals surface area contributed by atoms with Gasteiger partial charge < -0.3 is 30.8 Å². The van der Waals surface area contributed by atoms with E-state index in [1.54, 1.807) is 18.0 Å². The number of aliphatic hydroxyl groups excluding tert-OH is 2. The summed E-state index contributed by atoms with van der Waals surface area (Å²) in [5.74, 6) is -3.25. The molecule has 1 rings (SSSR count). The maximum absolute atomic E-state index is 11.8. The number of nitrogens with one attached hydrogen (secondary N) is 1. The van der Waals surface area contributed by atoms with Crippen LogP contribution < -0.4 is 5.32 Å². The van der Waals surface area contributed by atoms with E-state index in [1.165, 1.54) is 0 Å². The van der Waals surface area contributed by atoms with Gasteiger partial charge in [-0.15, -0.1) is 0 Å². The zero-order valence-electron chi connectivity index (χ0n) is 18.6. The van der Waals surface area contributed by atoms with E-state index in [-0.39, 0.29) is 29.8 Å². The highest BCUT2D eigenvalue weighted by Gasteiger charge is 2.40. The predicted octanol–water partition coefficient (Wildman–Crippen LogP) is -1.68. The lowest BCUT2D eigenvalue weighted by Gasteiger charge is -2.43. The fraction of sp³-hybridized carbons (Fsp3) is 0.842. The number of amides is 1. The van der Waals surface area contributed by atoms with Gasteiger partial charge in [-0.3, -0.25) is 14.7 Å². The first-order valence-corrected chi connectivity index (χ1v) is 10.3. The number of hydrogen-bond acceptors (Lipinski definition) is 10. The Morgan fingerprint density at radius 2 is 2.10 bits per heavy atom. The summed E-state index contributed by atoms with van der Waals surface area (Å²) >= 11 is 0. The molecule has 1 aliphatic rings. The van der Waals surface area contributed by atoms with E-state index in [4.69, 9.17) is 5.26 Å². The van der Waals surface area contributed by atoms with Gasteiger partial charge in [-0.1, -0.05) is 13.8 Å². The standard InChI is InChI=1S/C19H36N6O6/c1-5-10-21-14-11-15(24(4)17(27)22-14)23(3)12-13(2)6-8-19(30,31)25(18(28)29)16(26)7-9-20/h13,15,17-18,27-31H,5-8,10-12H2,1-4H3,(H,21,22). The van der Waals surface area contributed by atoms with Crippen molar-refractivity contribution >= 4 is 11.7 Å². The summed E-state index contributed by atoms with van der Waals surface area (Å²) in [6.45, 7) is 5.10. The first-order valence-electron chi connectivity index (χ1n) is 10.3. The Labute approximate surface area is 183 Å². The summed E-state index contributed by atoms with van der Waals surface area (Å²) in [4.78, 5) is 20.2. The largest absolute Gasteiger partial charge is 0.361 e. The average molecular weight is 445 g/mol. The molecule has 1 heterocycles.